The van der Waals surface area contributed by atoms with Gasteiger partial charge in [-0.3, -0.25) is 4.39 Å². The van der Waals surface area contributed by atoms with Crippen molar-refractivity contribution in [3.8, 4) is 11.5 Å². The molecule has 18 heavy (non-hydrogen) atoms. The van der Waals surface area contributed by atoms with E-state index < -0.39 is 6.67 Å². The maximum Gasteiger partial charge on any atom is 0.127 e. The average Bonchev–Trinajstić information content (AvgIpc) is 2.41. The Hall–Kier alpha value is -1.87. The zero-order valence-corrected chi connectivity index (χ0v) is 10.1. The number of para-hydroxylation sites is 1. The van der Waals surface area contributed by atoms with E-state index >= 15 is 0 Å². The summed E-state index contributed by atoms with van der Waals surface area (Å²) in [5.41, 5.74) is 6.75. The van der Waals surface area contributed by atoms with Crippen LogP contribution in [0.15, 0.2) is 54.6 Å². The van der Waals surface area contributed by atoms with Crippen LogP contribution in [0.1, 0.15) is 18.0 Å². The smallest absolute Gasteiger partial charge is 0.127 e. The van der Waals surface area contributed by atoms with E-state index in [1.807, 2.05) is 54.6 Å². The number of hydrogen-bond acceptors (Lipinski definition) is 2. The van der Waals surface area contributed by atoms with E-state index in [2.05, 4.69) is 0 Å². The van der Waals surface area contributed by atoms with Crippen LogP contribution < -0.4 is 10.5 Å². The summed E-state index contributed by atoms with van der Waals surface area (Å²) in [6, 6.07) is 16.7. The Labute approximate surface area is 106 Å². The summed E-state index contributed by atoms with van der Waals surface area (Å²) >= 11 is 0. The first-order valence-electron chi connectivity index (χ1n) is 5.94. The van der Waals surface area contributed by atoms with Gasteiger partial charge in [-0.15, -0.1) is 0 Å². The van der Waals surface area contributed by atoms with Crippen LogP contribution in [-0.2, 0) is 0 Å². The Morgan fingerprint density at radius 2 is 1.56 bits per heavy atom. The fourth-order valence-corrected chi connectivity index (χ4v) is 1.69. The Bertz CT molecular complexity index is 470. The van der Waals surface area contributed by atoms with Crippen LogP contribution in [0.5, 0.6) is 11.5 Å². The molecule has 0 heterocycles. The van der Waals surface area contributed by atoms with Crippen LogP contribution in [0.4, 0.5) is 4.39 Å². The molecule has 94 valence electrons. The Morgan fingerprint density at radius 1 is 0.944 bits per heavy atom. The second-order valence-corrected chi connectivity index (χ2v) is 4.07. The molecule has 0 aliphatic carbocycles. The molecule has 0 radical (unpaired) electrons. The molecule has 0 amide bonds. The number of benzene rings is 2. The van der Waals surface area contributed by atoms with Gasteiger partial charge in [-0.1, -0.05) is 30.3 Å². The molecule has 2 nitrogen and oxygen atoms in total. The van der Waals surface area contributed by atoms with Crippen LogP contribution in [0.3, 0.4) is 0 Å². The number of rotatable bonds is 5. The highest BCUT2D eigenvalue weighted by atomic mass is 19.1. The molecule has 0 unspecified atom stereocenters. The van der Waals surface area contributed by atoms with Crippen molar-refractivity contribution in [2.45, 2.75) is 12.5 Å². The molecule has 0 saturated heterocycles. The summed E-state index contributed by atoms with van der Waals surface area (Å²) in [5, 5.41) is 0. The van der Waals surface area contributed by atoms with E-state index in [1.165, 1.54) is 0 Å². The molecular formula is C15H16FNO. The highest BCUT2D eigenvalue weighted by Crippen LogP contribution is 2.23. The molecule has 2 rings (SSSR count). The lowest BCUT2D eigenvalue weighted by Crippen LogP contribution is -2.10. The fraction of sp³-hybridized carbons (Fsp3) is 0.200. The SMILES string of the molecule is N[C@H](CCF)c1ccc(Oc2ccccc2)cc1. The monoisotopic (exact) mass is 245 g/mol. The molecule has 0 spiro atoms. The van der Waals surface area contributed by atoms with E-state index in [1.54, 1.807) is 0 Å². The molecule has 0 fully saturated rings. The second-order valence-electron chi connectivity index (χ2n) is 4.07. The number of halogens is 1. The Morgan fingerprint density at radius 3 is 2.17 bits per heavy atom. The predicted molar refractivity (Wildman–Crippen MR) is 70.5 cm³/mol. The molecule has 1 atom stereocenters. The largest absolute Gasteiger partial charge is 0.457 e. The summed E-state index contributed by atoms with van der Waals surface area (Å²) in [4.78, 5) is 0. The molecule has 2 aromatic rings. The maximum absolute atomic E-state index is 12.2. The summed E-state index contributed by atoms with van der Waals surface area (Å²) in [6.07, 6.45) is 0.346. The van der Waals surface area contributed by atoms with Gasteiger partial charge in [-0.05, 0) is 36.2 Å². The van der Waals surface area contributed by atoms with E-state index in [-0.39, 0.29) is 6.04 Å². The number of hydrogen-bond donors (Lipinski definition) is 1. The second kappa shape index (κ2) is 6.17. The molecule has 0 bridgehead atoms. The van der Waals surface area contributed by atoms with Gasteiger partial charge in [-0.2, -0.15) is 0 Å². The molecule has 0 aliphatic heterocycles. The van der Waals surface area contributed by atoms with Gasteiger partial charge in [0.1, 0.15) is 11.5 Å². The normalized spacial score (nSPS) is 12.1. The van der Waals surface area contributed by atoms with Crippen molar-refractivity contribution in [2.75, 3.05) is 6.67 Å². The standard InChI is InChI=1S/C15H16FNO/c16-11-10-15(17)12-6-8-14(9-7-12)18-13-4-2-1-3-5-13/h1-9,15H,10-11,17H2/t15-/m1/s1. The van der Waals surface area contributed by atoms with Gasteiger partial charge in [0.25, 0.3) is 0 Å². The van der Waals surface area contributed by atoms with Crippen LogP contribution >= 0.6 is 0 Å². The molecule has 2 aromatic carbocycles. The van der Waals surface area contributed by atoms with Crippen LogP contribution in [-0.4, -0.2) is 6.67 Å². The average molecular weight is 245 g/mol. The van der Waals surface area contributed by atoms with Crippen molar-refractivity contribution < 1.29 is 9.13 Å². The summed E-state index contributed by atoms with van der Waals surface area (Å²) in [6.45, 7) is -0.399. The van der Waals surface area contributed by atoms with Crippen LogP contribution in [0, 0.1) is 0 Å². The van der Waals surface area contributed by atoms with Gasteiger partial charge >= 0.3 is 0 Å². The first-order valence-corrected chi connectivity index (χ1v) is 5.94. The number of ether oxygens (including phenoxy) is 1. The lowest BCUT2D eigenvalue weighted by Gasteiger charge is -2.11. The topological polar surface area (TPSA) is 35.2 Å². The van der Waals surface area contributed by atoms with Gasteiger partial charge < -0.3 is 10.5 Å². The third-order valence-electron chi connectivity index (χ3n) is 2.71. The highest BCUT2D eigenvalue weighted by Gasteiger charge is 2.05. The van der Waals surface area contributed by atoms with Crippen molar-refractivity contribution in [1.82, 2.24) is 0 Å². The first-order chi connectivity index (χ1) is 8.79. The van der Waals surface area contributed by atoms with Crippen molar-refractivity contribution in [3.63, 3.8) is 0 Å². The summed E-state index contributed by atoms with van der Waals surface area (Å²) < 4.78 is 17.8. The summed E-state index contributed by atoms with van der Waals surface area (Å²) in [7, 11) is 0. The van der Waals surface area contributed by atoms with E-state index in [0.717, 1.165) is 17.1 Å². The minimum absolute atomic E-state index is 0.249. The molecule has 0 aromatic heterocycles. The zero-order chi connectivity index (χ0) is 12.8. The van der Waals surface area contributed by atoms with Gasteiger partial charge in [0.05, 0.1) is 6.67 Å². The number of nitrogens with two attached hydrogens (primary N) is 1. The first kappa shape index (κ1) is 12.6. The molecular weight excluding hydrogens is 229 g/mol. The van der Waals surface area contributed by atoms with E-state index in [9.17, 15) is 4.39 Å². The van der Waals surface area contributed by atoms with Crippen LogP contribution in [0.2, 0.25) is 0 Å². The van der Waals surface area contributed by atoms with E-state index in [4.69, 9.17) is 10.5 Å². The maximum atomic E-state index is 12.2. The fourth-order valence-electron chi connectivity index (χ4n) is 1.69. The minimum Gasteiger partial charge on any atom is -0.457 e. The van der Waals surface area contributed by atoms with Gasteiger partial charge in [0.15, 0.2) is 0 Å². The Balaban J connectivity index is 2.04. The Kier molecular flexibility index (Phi) is 4.31. The van der Waals surface area contributed by atoms with Crippen LogP contribution in [0.25, 0.3) is 0 Å². The third kappa shape index (κ3) is 3.31. The molecule has 0 saturated carbocycles. The van der Waals surface area contributed by atoms with Gasteiger partial charge in [0.2, 0.25) is 0 Å². The van der Waals surface area contributed by atoms with Crippen molar-refractivity contribution in [1.29, 1.82) is 0 Å². The van der Waals surface area contributed by atoms with Crippen molar-refractivity contribution in [3.05, 3.63) is 60.2 Å². The van der Waals surface area contributed by atoms with Gasteiger partial charge in [-0.25, -0.2) is 0 Å². The molecule has 3 heteroatoms. The van der Waals surface area contributed by atoms with Crippen molar-refractivity contribution in [2.24, 2.45) is 5.73 Å². The quantitative estimate of drug-likeness (QED) is 0.868. The zero-order valence-electron chi connectivity index (χ0n) is 10.1. The number of alkyl halides is 1. The predicted octanol–water partition coefficient (Wildman–Crippen LogP) is 3.84. The molecule has 0 aliphatic rings. The van der Waals surface area contributed by atoms with Gasteiger partial charge in [0, 0.05) is 6.04 Å². The lowest BCUT2D eigenvalue weighted by molar-refractivity contribution is 0.441. The highest BCUT2D eigenvalue weighted by molar-refractivity contribution is 5.33. The minimum atomic E-state index is -0.399. The molecule has 2 N–H and O–H groups in total. The third-order valence-corrected chi connectivity index (χ3v) is 2.71. The van der Waals surface area contributed by atoms with Crippen molar-refractivity contribution >= 4 is 0 Å². The lowest BCUT2D eigenvalue weighted by atomic mass is 10.1. The summed E-state index contributed by atoms with van der Waals surface area (Å²) in [5.74, 6) is 1.54. The van der Waals surface area contributed by atoms with E-state index in [0.29, 0.717) is 6.42 Å².